The minimum absolute atomic E-state index is 0.152. The Hall–Kier alpha value is -2.92. The zero-order valence-corrected chi connectivity index (χ0v) is 15.4. The van der Waals surface area contributed by atoms with E-state index in [2.05, 4.69) is 29.4 Å². The number of aryl methyl sites for hydroxylation is 1. The fraction of sp³-hybridized carbons (Fsp3) is 0.143. The normalized spacial score (nSPS) is 11.0. The van der Waals surface area contributed by atoms with Crippen molar-refractivity contribution in [3.8, 4) is 5.75 Å². The second kappa shape index (κ2) is 6.77. The van der Waals surface area contributed by atoms with Gasteiger partial charge in [0.25, 0.3) is 5.91 Å². The van der Waals surface area contributed by atoms with E-state index in [1.807, 2.05) is 49.4 Å². The first-order valence-corrected chi connectivity index (χ1v) is 9.30. The highest BCUT2D eigenvalue weighted by molar-refractivity contribution is 7.20. The highest BCUT2D eigenvalue weighted by atomic mass is 32.1. The molecule has 0 aliphatic carbocycles. The van der Waals surface area contributed by atoms with Crippen molar-refractivity contribution in [1.82, 2.24) is 4.98 Å². The number of nitrogens with one attached hydrogen (secondary N) is 1. The Kier molecular flexibility index (Phi) is 4.31. The number of pyridine rings is 1. The molecule has 2 aromatic carbocycles. The summed E-state index contributed by atoms with van der Waals surface area (Å²) in [5.41, 5.74) is 2.81. The minimum atomic E-state index is -0.152. The Morgan fingerprint density at radius 1 is 1.12 bits per heavy atom. The Morgan fingerprint density at radius 2 is 1.96 bits per heavy atom. The smallest absolute Gasteiger partial charge is 0.265 e. The zero-order chi connectivity index (χ0) is 18.1. The van der Waals surface area contributed by atoms with Gasteiger partial charge in [0.2, 0.25) is 0 Å². The molecule has 0 aliphatic heterocycles. The molecule has 0 fully saturated rings. The fourth-order valence-corrected chi connectivity index (χ4v) is 3.82. The molecule has 0 saturated carbocycles. The Labute approximate surface area is 155 Å². The molecule has 5 heteroatoms. The molecule has 0 unspecified atom stereocenters. The van der Waals surface area contributed by atoms with Gasteiger partial charge in [0.05, 0.1) is 22.7 Å². The van der Waals surface area contributed by atoms with E-state index in [-0.39, 0.29) is 5.91 Å². The molecule has 4 aromatic rings. The molecule has 0 radical (unpaired) electrons. The summed E-state index contributed by atoms with van der Waals surface area (Å²) in [6.07, 6.45) is 0. The van der Waals surface area contributed by atoms with E-state index < -0.39 is 0 Å². The van der Waals surface area contributed by atoms with Crippen LogP contribution in [0.25, 0.3) is 21.1 Å². The van der Waals surface area contributed by atoms with Crippen molar-refractivity contribution in [3.63, 3.8) is 0 Å². The SMILES string of the molecule is CCOc1ccccc1NC(=O)c1cc2cc3cc(C)ccc3nc2s1. The van der Waals surface area contributed by atoms with Crippen LogP contribution in [0.2, 0.25) is 0 Å². The number of amides is 1. The molecule has 4 nitrogen and oxygen atoms in total. The number of fused-ring (bicyclic) bond motifs is 2. The molecule has 0 bridgehead atoms. The summed E-state index contributed by atoms with van der Waals surface area (Å²) < 4.78 is 5.57. The predicted molar refractivity (Wildman–Crippen MR) is 107 cm³/mol. The maximum Gasteiger partial charge on any atom is 0.265 e. The van der Waals surface area contributed by atoms with Gasteiger partial charge in [-0.3, -0.25) is 4.79 Å². The molecule has 26 heavy (non-hydrogen) atoms. The third-order valence-electron chi connectivity index (χ3n) is 4.12. The number of para-hydroxylation sites is 2. The molecule has 1 amide bonds. The van der Waals surface area contributed by atoms with Crippen molar-refractivity contribution >= 4 is 44.1 Å². The molecule has 2 heterocycles. The third kappa shape index (κ3) is 3.13. The van der Waals surface area contributed by atoms with Gasteiger partial charge in [-0.05, 0) is 50.2 Å². The summed E-state index contributed by atoms with van der Waals surface area (Å²) in [7, 11) is 0. The highest BCUT2D eigenvalue weighted by Crippen LogP contribution is 2.30. The van der Waals surface area contributed by atoms with Gasteiger partial charge in [0, 0.05) is 10.8 Å². The standard InChI is InChI=1S/C21H18N2O2S/c1-3-25-18-7-5-4-6-17(18)22-20(24)19-12-15-11-14-10-13(2)8-9-16(14)23-21(15)26-19/h4-12H,3H2,1-2H3,(H,22,24). The summed E-state index contributed by atoms with van der Waals surface area (Å²) in [6, 6.07) is 17.6. The van der Waals surface area contributed by atoms with E-state index in [0.717, 1.165) is 21.1 Å². The third-order valence-corrected chi connectivity index (χ3v) is 5.16. The number of aromatic nitrogens is 1. The number of thiophene rings is 1. The van der Waals surface area contributed by atoms with Crippen LogP contribution in [0.15, 0.2) is 54.6 Å². The summed E-state index contributed by atoms with van der Waals surface area (Å²) in [6.45, 7) is 4.53. The van der Waals surface area contributed by atoms with Gasteiger partial charge in [-0.15, -0.1) is 11.3 Å². The average Bonchev–Trinajstić information content (AvgIpc) is 3.04. The van der Waals surface area contributed by atoms with Crippen LogP contribution in [0.1, 0.15) is 22.2 Å². The van der Waals surface area contributed by atoms with Gasteiger partial charge < -0.3 is 10.1 Å². The molecular weight excluding hydrogens is 344 g/mol. The lowest BCUT2D eigenvalue weighted by molar-refractivity contribution is 0.103. The van der Waals surface area contributed by atoms with E-state index in [0.29, 0.717) is 22.9 Å². The molecule has 2 aromatic heterocycles. The van der Waals surface area contributed by atoms with Gasteiger partial charge in [0.15, 0.2) is 0 Å². The maximum absolute atomic E-state index is 12.7. The summed E-state index contributed by atoms with van der Waals surface area (Å²) >= 11 is 1.40. The van der Waals surface area contributed by atoms with E-state index in [9.17, 15) is 4.79 Å². The van der Waals surface area contributed by atoms with Crippen molar-refractivity contribution in [2.24, 2.45) is 0 Å². The number of rotatable bonds is 4. The largest absolute Gasteiger partial charge is 0.492 e. The van der Waals surface area contributed by atoms with Crippen LogP contribution in [0.5, 0.6) is 5.75 Å². The van der Waals surface area contributed by atoms with Gasteiger partial charge in [-0.2, -0.15) is 0 Å². The van der Waals surface area contributed by atoms with Crippen molar-refractivity contribution in [2.45, 2.75) is 13.8 Å². The molecule has 0 aliphatic rings. The van der Waals surface area contributed by atoms with Crippen LogP contribution in [0, 0.1) is 6.92 Å². The molecule has 0 atom stereocenters. The predicted octanol–water partition coefficient (Wildman–Crippen LogP) is 5.41. The quantitative estimate of drug-likeness (QED) is 0.528. The Balaban J connectivity index is 1.68. The number of ether oxygens (including phenoxy) is 1. The number of carbonyl (C=O) groups excluding carboxylic acids is 1. The number of benzene rings is 2. The minimum Gasteiger partial charge on any atom is -0.492 e. The molecule has 0 saturated heterocycles. The first kappa shape index (κ1) is 16.5. The van der Waals surface area contributed by atoms with Crippen LogP contribution in [-0.4, -0.2) is 17.5 Å². The van der Waals surface area contributed by atoms with Gasteiger partial charge >= 0.3 is 0 Å². The van der Waals surface area contributed by atoms with Crippen LogP contribution < -0.4 is 10.1 Å². The number of carbonyl (C=O) groups is 1. The highest BCUT2D eigenvalue weighted by Gasteiger charge is 2.14. The topological polar surface area (TPSA) is 51.2 Å². The first-order valence-electron chi connectivity index (χ1n) is 8.48. The van der Waals surface area contributed by atoms with Crippen molar-refractivity contribution in [1.29, 1.82) is 0 Å². The first-order chi connectivity index (χ1) is 12.6. The number of hydrogen-bond donors (Lipinski definition) is 1. The van der Waals surface area contributed by atoms with Crippen LogP contribution >= 0.6 is 11.3 Å². The van der Waals surface area contributed by atoms with Gasteiger partial charge in [-0.1, -0.05) is 23.8 Å². The summed E-state index contributed by atoms with van der Waals surface area (Å²) in [5, 5.41) is 5.01. The van der Waals surface area contributed by atoms with Gasteiger partial charge in [0.1, 0.15) is 10.6 Å². The van der Waals surface area contributed by atoms with E-state index in [1.165, 1.54) is 16.9 Å². The van der Waals surface area contributed by atoms with Crippen LogP contribution in [-0.2, 0) is 0 Å². The fourth-order valence-electron chi connectivity index (χ4n) is 2.90. The Morgan fingerprint density at radius 3 is 2.81 bits per heavy atom. The molecule has 0 spiro atoms. The molecule has 4 rings (SSSR count). The molecule has 1 N–H and O–H groups in total. The summed E-state index contributed by atoms with van der Waals surface area (Å²) in [5.74, 6) is 0.518. The molecular formula is C21H18N2O2S. The zero-order valence-electron chi connectivity index (χ0n) is 14.6. The monoisotopic (exact) mass is 362 g/mol. The van der Waals surface area contributed by atoms with Crippen molar-refractivity contribution < 1.29 is 9.53 Å². The summed E-state index contributed by atoms with van der Waals surface area (Å²) in [4.78, 5) is 18.9. The van der Waals surface area contributed by atoms with Crippen molar-refractivity contribution in [2.75, 3.05) is 11.9 Å². The average molecular weight is 362 g/mol. The lowest BCUT2D eigenvalue weighted by Gasteiger charge is -2.10. The lowest BCUT2D eigenvalue weighted by Crippen LogP contribution is -2.11. The van der Waals surface area contributed by atoms with E-state index in [4.69, 9.17) is 4.74 Å². The maximum atomic E-state index is 12.7. The number of hydrogen-bond acceptors (Lipinski definition) is 4. The van der Waals surface area contributed by atoms with Crippen LogP contribution in [0.3, 0.4) is 0 Å². The second-order valence-electron chi connectivity index (χ2n) is 6.07. The van der Waals surface area contributed by atoms with E-state index >= 15 is 0 Å². The number of nitrogens with zero attached hydrogens (tertiary/aromatic N) is 1. The molecule has 130 valence electrons. The second-order valence-corrected chi connectivity index (χ2v) is 7.10. The van der Waals surface area contributed by atoms with E-state index in [1.54, 1.807) is 0 Å². The van der Waals surface area contributed by atoms with Crippen LogP contribution in [0.4, 0.5) is 5.69 Å². The Bertz CT molecular complexity index is 1120. The lowest BCUT2D eigenvalue weighted by atomic mass is 10.1. The number of anilines is 1. The van der Waals surface area contributed by atoms with Gasteiger partial charge in [-0.25, -0.2) is 4.98 Å². The van der Waals surface area contributed by atoms with Crippen molar-refractivity contribution in [3.05, 3.63) is 65.0 Å².